The maximum Gasteiger partial charge on any atom is 0.307 e. The number of hydrogen-bond acceptors (Lipinski definition) is 6. The van der Waals surface area contributed by atoms with E-state index in [1.54, 1.807) is 19.9 Å². The van der Waals surface area contributed by atoms with Crippen LogP contribution in [-0.2, 0) is 19.6 Å². The maximum atomic E-state index is 12.9. The van der Waals surface area contributed by atoms with Gasteiger partial charge in [0.2, 0.25) is 10.0 Å². The first kappa shape index (κ1) is 23.2. The van der Waals surface area contributed by atoms with Gasteiger partial charge in [0.1, 0.15) is 0 Å². The van der Waals surface area contributed by atoms with Gasteiger partial charge in [-0.3, -0.25) is 9.59 Å². The lowest BCUT2D eigenvalue weighted by Gasteiger charge is -2.30. The fourth-order valence-corrected chi connectivity index (χ4v) is 4.10. The van der Waals surface area contributed by atoms with Gasteiger partial charge in [0.25, 0.3) is 5.91 Å². The van der Waals surface area contributed by atoms with Gasteiger partial charge in [-0.05, 0) is 51.3 Å². The van der Waals surface area contributed by atoms with Gasteiger partial charge in [0.05, 0.1) is 23.0 Å². The van der Waals surface area contributed by atoms with Crippen molar-refractivity contribution >= 4 is 27.6 Å². The van der Waals surface area contributed by atoms with Gasteiger partial charge in [0.15, 0.2) is 0 Å². The predicted octanol–water partition coefficient (Wildman–Crippen LogP) is 2.00. The average Bonchev–Trinajstić information content (AvgIpc) is 2.67. The lowest BCUT2D eigenvalue weighted by molar-refractivity contribution is -0.147. The van der Waals surface area contributed by atoms with Crippen molar-refractivity contribution in [1.29, 1.82) is 0 Å². The molecule has 1 aromatic carbocycles. The highest BCUT2D eigenvalue weighted by molar-refractivity contribution is 7.89. The molecule has 0 radical (unpaired) electrons. The minimum atomic E-state index is -3.67. The van der Waals surface area contributed by atoms with Crippen molar-refractivity contribution in [1.82, 2.24) is 9.62 Å². The SMILES string of the molecule is CC(C)OC(=O)CCNC(=O)c1cc(S(=O)(=O)N(C)C)ccc1N1CCCCC1. The van der Waals surface area contributed by atoms with Crippen molar-refractivity contribution in [3.8, 4) is 0 Å². The molecule has 1 saturated heterocycles. The number of carbonyl (C=O) groups excluding carboxylic acids is 2. The molecule has 1 amide bonds. The van der Waals surface area contributed by atoms with Crippen molar-refractivity contribution in [3.05, 3.63) is 23.8 Å². The normalized spacial score (nSPS) is 14.9. The second-order valence-corrected chi connectivity index (χ2v) is 9.71. The molecule has 1 aromatic rings. The number of esters is 1. The van der Waals surface area contributed by atoms with Crippen LogP contribution in [-0.4, -0.2) is 64.4 Å². The molecule has 1 N–H and O–H groups in total. The molecule has 1 aliphatic rings. The number of nitrogens with one attached hydrogen (secondary N) is 1. The largest absolute Gasteiger partial charge is 0.463 e. The number of sulfonamides is 1. The summed E-state index contributed by atoms with van der Waals surface area (Å²) < 4.78 is 31.2. The Balaban J connectivity index is 2.25. The molecule has 0 spiro atoms. The molecule has 0 aliphatic carbocycles. The monoisotopic (exact) mass is 425 g/mol. The van der Waals surface area contributed by atoms with E-state index in [9.17, 15) is 18.0 Å². The summed E-state index contributed by atoms with van der Waals surface area (Å²) >= 11 is 0. The van der Waals surface area contributed by atoms with E-state index in [4.69, 9.17) is 4.74 Å². The smallest absolute Gasteiger partial charge is 0.307 e. The highest BCUT2D eigenvalue weighted by atomic mass is 32.2. The quantitative estimate of drug-likeness (QED) is 0.640. The predicted molar refractivity (Wildman–Crippen MR) is 112 cm³/mol. The summed E-state index contributed by atoms with van der Waals surface area (Å²) in [7, 11) is -0.762. The first-order valence-corrected chi connectivity index (χ1v) is 11.4. The van der Waals surface area contributed by atoms with Crippen LogP contribution in [0.2, 0.25) is 0 Å². The topological polar surface area (TPSA) is 96.0 Å². The molecule has 1 heterocycles. The molecule has 0 unspecified atom stereocenters. The van der Waals surface area contributed by atoms with Crippen molar-refractivity contribution in [3.63, 3.8) is 0 Å². The van der Waals surface area contributed by atoms with Crippen LogP contribution in [0.1, 0.15) is 49.9 Å². The fraction of sp³-hybridized carbons (Fsp3) is 0.600. The van der Waals surface area contributed by atoms with E-state index in [-0.39, 0.29) is 29.9 Å². The third kappa shape index (κ3) is 6.17. The van der Waals surface area contributed by atoms with E-state index in [2.05, 4.69) is 10.2 Å². The molecular formula is C20H31N3O5S. The molecule has 0 bridgehead atoms. The molecule has 9 heteroatoms. The highest BCUT2D eigenvalue weighted by Gasteiger charge is 2.24. The van der Waals surface area contributed by atoms with Crippen LogP contribution < -0.4 is 10.2 Å². The number of nitrogens with zero attached hydrogens (tertiary/aromatic N) is 2. The van der Waals surface area contributed by atoms with E-state index >= 15 is 0 Å². The second kappa shape index (κ2) is 10.1. The van der Waals surface area contributed by atoms with Crippen LogP contribution >= 0.6 is 0 Å². The van der Waals surface area contributed by atoms with Gasteiger partial charge in [-0.25, -0.2) is 12.7 Å². The van der Waals surface area contributed by atoms with E-state index < -0.39 is 15.9 Å². The summed E-state index contributed by atoms with van der Waals surface area (Å²) in [6.07, 6.45) is 3.04. The van der Waals surface area contributed by atoms with Crippen molar-refractivity contribution in [2.45, 2.75) is 50.5 Å². The fourth-order valence-electron chi connectivity index (χ4n) is 3.17. The lowest BCUT2D eigenvalue weighted by atomic mass is 10.1. The van der Waals surface area contributed by atoms with Crippen LogP contribution in [0, 0.1) is 0 Å². The summed E-state index contributed by atoms with van der Waals surface area (Å²) in [5, 5.41) is 2.72. The minimum Gasteiger partial charge on any atom is -0.463 e. The molecular weight excluding hydrogens is 394 g/mol. The summed E-state index contributed by atoms with van der Waals surface area (Å²) in [5.74, 6) is -0.792. The number of ether oxygens (including phenoxy) is 1. The Kier molecular flexibility index (Phi) is 8.04. The number of benzene rings is 1. The molecule has 0 atom stereocenters. The standard InChI is InChI=1S/C20H31N3O5S/c1-15(2)28-19(24)10-11-21-20(25)17-14-16(29(26,27)22(3)4)8-9-18(17)23-12-6-5-7-13-23/h8-9,14-15H,5-7,10-13H2,1-4H3,(H,21,25). The Morgan fingerprint density at radius 2 is 1.83 bits per heavy atom. The Morgan fingerprint density at radius 3 is 2.41 bits per heavy atom. The van der Waals surface area contributed by atoms with Gasteiger partial charge in [-0.1, -0.05) is 0 Å². The van der Waals surface area contributed by atoms with Crippen LogP contribution in [0.4, 0.5) is 5.69 Å². The minimum absolute atomic E-state index is 0.0542. The van der Waals surface area contributed by atoms with Gasteiger partial charge >= 0.3 is 5.97 Å². The Labute approximate surface area is 173 Å². The third-order valence-corrected chi connectivity index (χ3v) is 6.48. The average molecular weight is 426 g/mol. The summed E-state index contributed by atoms with van der Waals surface area (Å²) in [4.78, 5) is 26.7. The van der Waals surface area contributed by atoms with Crippen LogP contribution in [0.3, 0.4) is 0 Å². The number of amides is 1. The van der Waals surface area contributed by atoms with Crippen LogP contribution in [0.25, 0.3) is 0 Å². The molecule has 0 saturated carbocycles. The van der Waals surface area contributed by atoms with Crippen molar-refractivity contribution < 1.29 is 22.7 Å². The van der Waals surface area contributed by atoms with Crippen LogP contribution in [0.15, 0.2) is 23.1 Å². The zero-order valence-corrected chi connectivity index (χ0v) is 18.4. The molecule has 2 rings (SSSR count). The van der Waals surface area contributed by atoms with Gasteiger partial charge in [-0.2, -0.15) is 0 Å². The van der Waals surface area contributed by atoms with E-state index in [0.29, 0.717) is 11.3 Å². The molecule has 29 heavy (non-hydrogen) atoms. The Hall–Kier alpha value is -2.13. The highest BCUT2D eigenvalue weighted by Crippen LogP contribution is 2.27. The Morgan fingerprint density at radius 1 is 1.17 bits per heavy atom. The van der Waals surface area contributed by atoms with Gasteiger partial charge in [-0.15, -0.1) is 0 Å². The van der Waals surface area contributed by atoms with Crippen molar-refractivity contribution in [2.75, 3.05) is 38.6 Å². The lowest BCUT2D eigenvalue weighted by Crippen LogP contribution is -2.34. The first-order chi connectivity index (χ1) is 13.6. The molecule has 1 fully saturated rings. The number of carbonyl (C=O) groups is 2. The molecule has 162 valence electrons. The van der Waals surface area contributed by atoms with E-state index in [1.807, 2.05) is 0 Å². The maximum absolute atomic E-state index is 12.9. The second-order valence-electron chi connectivity index (χ2n) is 7.56. The molecule has 8 nitrogen and oxygen atoms in total. The zero-order valence-electron chi connectivity index (χ0n) is 17.6. The van der Waals surface area contributed by atoms with Crippen molar-refractivity contribution in [2.24, 2.45) is 0 Å². The summed E-state index contributed by atoms with van der Waals surface area (Å²) in [6, 6.07) is 4.65. The molecule has 1 aliphatic heterocycles. The number of piperidine rings is 1. The van der Waals surface area contributed by atoms with Gasteiger partial charge in [0, 0.05) is 39.4 Å². The van der Waals surface area contributed by atoms with E-state index in [0.717, 1.165) is 36.7 Å². The summed E-state index contributed by atoms with van der Waals surface area (Å²) in [6.45, 7) is 5.28. The number of rotatable bonds is 8. The summed E-state index contributed by atoms with van der Waals surface area (Å²) in [5.41, 5.74) is 1.01. The number of anilines is 1. The Bertz CT molecular complexity index is 831. The zero-order chi connectivity index (χ0) is 21.6. The molecule has 0 aromatic heterocycles. The van der Waals surface area contributed by atoms with Gasteiger partial charge < -0.3 is 15.0 Å². The first-order valence-electron chi connectivity index (χ1n) is 9.92. The number of hydrogen-bond donors (Lipinski definition) is 1. The third-order valence-electron chi connectivity index (χ3n) is 4.67. The van der Waals surface area contributed by atoms with Crippen LogP contribution in [0.5, 0.6) is 0 Å². The van der Waals surface area contributed by atoms with E-state index in [1.165, 1.54) is 26.2 Å².